The van der Waals surface area contributed by atoms with E-state index in [2.05, 4.69) is 6.92 Å². The van der Waals surface area contributed by atoms with Gasteiger partial charge < -0.3 is 19.9 Å². The first-order chi connectivity index (χ1) is 11.2. The van der Waals surface area contributed by atoms with Gasteiger partial charge in [0.1, 0.15) is 5.75 Å². The highest BCUT2D eigenvalue weighted by atomic mass is 16.7. The molecule has 0 heterocycles. The monoisotopic (exact) mass is 323 g/mol. The van der Waals surface area contributed by atoms with Gasteiger partial charge in [0.25, 0.3) is 0 Å². The minimum atomic E-state index is -0.423. The summed E-state index contributed by atoms with van der Waals surface area (Å²) in [5.41, 5.74) is 7.48. The molecule has 0 aromatic heterocycles. The first-order valence-corrected chi connectivity index (χ1v) is 8.98. The molecule has 132 valence electrons. The molecule has 1 aromatic rings. The summed E-state index contributed by atoms with van der Waals surface area (Å²) < 4.78 is 17.3. The molecule has 4 heteroatoms. The van der Waals surface area contributed by atoms with Crippen LogP contribution in [0.1, 0.15) is 71.1 Å². The van der Waals surface area contributed by atoms with Crippen molar-refractivity contribution in [1.29, 1.82) is 0 Å². The van der Waals surface area contributed by atoms with Gasteiger partial charge in [-0.3, -0.25) is 0 Å². The van der Waals surface area contributed by atoms with Crippen LogP contribution < -0.4 is 10.5 Å². The van der Waals surface area contributed by atoms with Gasteiger partial charge in [0, 0.05) is 18.9 Å². The maximum absolute atomic E-state index is 5.96. The van der Waals surface area contributed by atoms with Crippen LogP contribution in [0.4, 0.5) is 5.69 Å². The van der Waals surface area contributed by atoms with E-state index in [0.29, 0.717) is 25.5 Å². The fourth-order valence-electron chi connectivity index (χ4n) is 2.48. The van der Waals surface area contributed by atoms with Crippen LogP contribution in [-0.4, -0.2) is 19.8 Å². The van der Waals surface area contributed by atoms with E-state index in [1.54, 1.807) is 0 Å². The number of ether oxygens (including phenoxy) is 3. The van der Waals surface area contributed by atoms with Crippen LogP contribution in [0.3, 0.4) is 0 Å². The van der Waals surface area contributed by atoms with Crippen LogP contribution in [0.2, 0.25) is 0 Å². The van der Waals surface area contributed by atoms with E-state index in [0.717, 1.165) is 17.7 Å². The quantitative estimate of drug-likeness (QED) is 0.312. The number of anilines is 1. The van der Waals surface area contributed by atoms with Crippen molar-refractivity contribution in [2.24, 2.45) is 0 Å². The van der Waals surface area contributed by atoms with Gasteiger partial charge in [-0.25, -0.2) is 0 Å². The Morgan fingerprint density at radius 3 is 2.22 bits per heavy atom. The first-order valence-electron chi connectivity index (χ1n) is 8.98. The average molecular weight is 323 g/mol. The molecule has 0 amide bonds. The highest BCUT2D eigenvalue weighted by Gasteiger charge is 2.17. The van der Waals surface area contributed by atoms with Crippen molar-refractivity contribution in [3.05, 3.63) is 23.8 Å². The molecule has 0 atom stereocenters. The van der Waals surface area contributed by atoms with E-state index in [9.17, 15) is 0 Å². The largest absolute Gasteiger partial charge is 0.493 e. The summed E-state index contributed by atoms with van der Waals surface area (Å²) in [6, 6.07) is 5.65. The number of hydrogen-bond donors (Lipinski definition) is 1. The highest BCUT2D eigenvalue weighted by molar-refractivity contribution is 5.48. The predicted molar refractivity (Wildman–Crippen MR) is 95.7 cm³/mol. The maximum Gasteiger partial charge on any atom is 0.187 e. The number of unbranched alkanes of at least 4 members (excludes halogenated alkanes) is 5. The van der Waals surface area contributed by atoms with Gasteiger partial charge >= 0.3 is 0 Å². The molecule has 0 aliphatic heterocycles. The van der Waals surface area contributed by atoms with Crippen LogP contribution in [-0.2, 0) is 9.47 Å². The molecule has 0 aliphatic rings. The molecular formula is C19H33NO3. The third-order valence-corrected chi connectivity index (χ3v) is 3.68. The third kappa shape index (κ3) is 7.71. The number of nitrogens with two attached hydrogens (primary N) is 1. The van der Waals surface area contributed by atoms with Gasteiger partial charge in [0.05, 0.1) is 12.2 Å². The summed E-state index contributed by atoms with van der Waals surface area (Å²) in [7, 11) is 0. The van der Waals surface area contributed by atoms with E-state index in [-0.39, 0.29) is 0 Å². The van der Waals surface area contributed by atoms with E-state index >= 15 is 0 Å². The van der Waals surface area contributed by atoms with E-state index < -0.39 is 6.29 Å². The summed E-state index contributed by atoms with van der Waals surface area (Å²) in [6.45, 7) is 8.02. The second kappa shape index (κ2) is 12.2. The minimum absolute atomic E-state index is 0.423. The summed E-state index contributed by atoms with van der Waals surface area (Å²) in [5.74, 6) is 0.805. The van der Waals surface area contributed by atoms with Crippen molar-refractivity contribution in [2.45, 2.75) is 65.6 Å². The lowest BCUT2D eigenvalue weighted by Crippen LogP contribution is -2.12. The third-order valence-electron chi connectivity index (χ3n) is 3.68. The second-order valence-corrected chi connectivity index (χ2v) is 5.66. The van der Waals surface area contributed by atoms with Crippen molar-refractivity contribution in [2.75, 3.05) is 25.6 Å². The molecular weight excluding hydrogens is 290 g/mol. The first kappa shape index (κ1) is 19.8. The van der Waals surface area contributed by atoms with Gasteiger partial charge in [-0.05, 0) is 38.5 Å². The molecule has 0 saturated carbocycles. The minimum Gasteiger partial charge on any atom is -0.493 e. The molecule has 1 rings (SSSR count). The summed E-state index contributed by atoms with van der Waals surface area (Å²) >= 11 is 0. The normalized spacial score (nSPS) is 11.1. The smallest absolute Gasteiger partial charge is 0.187 e. The van der Waals surface area contributed by atoms with Crippen LogP contribution in [0, 0.1) is 0 Å². The van der Waals surface area contributed by atoms with E-state index in [1.165, 1.54) is 32.1 Å². The Morgan fingerprint density at radius 1 is 0.913 bits per heavy atom. The molecule has 0 spiro atoms. The fraction of sp³-hybridized carbons (Fsp3) is 0.684. The molecule has 0 saturated heterocycles. The van der Waals surface area contributed by atoms with Gasteiger partial charge in [0.2, 0.25) is 0 Å². The molecule has 0 radical (unpaired) electrons. The highest BCUT2D eigenvalue weighted by Crippen LogP contribution is 2.31. The van der Waals surface area contributed by atoms with Crippen molar-refractivity contribution in [1.82, 2.24) is 0 Å². The molecule has 1 aromatic carbocycles. The Kier molecular flexibility index (Phi) is 10.5. The topological polar surface area (TPSA) is 53.7 Å². The van der Waals surface area contributed by atoms with Crippen molar-refractivity contribution >= 4 is 5.69 Å². The number of benzene rings is 1. The lowest BCUT2D eigenvalue weighted by Gasteiger charge is -2.21. The second-order valence-electron chi connectivity index (χ2n) is 5.66. The Labute approximate surface area is 141 Å². The summed E-state index contributed by atoms with van der Waals surface area (Å²) in [6.07, 6.45) is 7.07. The standard InChI is InChI=1S/C19H33NO3/c1-4-7-8-9-10-11-14-23-18-13-12-16(20)15-17(18)19(21-5-2)22-6-3/h12-13,15,19H,4-11,14,20H2,1-3H3. The zero-order valence-corrected chi connectivity index (χ0v) is 15.0. The summed E-state index contributed by atoms with van der Waals surface area (Å²) in [5, 5.41) is 0. The predicted octanol–water partition coefficient (Wildman–Crippen LogP) is 5.08. The maximum atomic E-state index is 5.96. The Hall–Kier alpha value is -1.26. The number of nitrogen functional groups attached to an aromatic ring is 1. The van der Waals surface area contributed by atoms with E-state index in [4.69, 9.17) is 19.9 Å². The van der Waals surface area contributed by atoms with Crippen molar-refractivity contribution in [3.8, 4) is 5.75 Å². The average Bonchev–Trinajstić information content (AvgIpc) is 2.55. The van der Waals surface area contributed by atoms with Gasteiger partial charge in [-0.15, -0.1) is 0 Å². The molecule has 0 fully saturated rings. The molecule has 0 aliphatic carbocycles. The van der Waals surface area contributed by atoms with Crippen LogP contribution >= 0.6 is 0 Å². The van der Waals surface area contributed by atoms with Crippen LogP contribution in [0.5, 0.6) is 5.75 Å². The SMILES string of the molecule is CCCCCCCCOc1ccc(N)cc1C(OCC)OCC. The Morgan fingerprint density at radius 2 is 1.57 bits per heavy atom. The van der Waals surface area contributed by atoms with Crippen LogP contribution in [0.15, 0.2) is 18.2 Å². The zero-order chi connectivity index (χ0) is 16.9. The van der Waals surface area contributed by atoms with Crippen LogP contribution in [0.25, 0.3) is 0 Å². The Balaban J connectivity index is 2.56. The van der Waals surface area contributed by atoms with Crippen molar-refractivity contribution in [3.63, 3.8) is 0 Å². The number of hydrogen-bond acceptors (Lipinski definition) is 4. The molecule has 23 heavy (non-hydrogen) atoms. The number of rotatable bonds is 13. The lowest BCUT2D eigenvalue weighted by molar-refractivity contribution is -0.141. The Bertz CT molecular complexity index is 417. The van der Waals surface area contributed by atoms with Gasteiger partial charge in [-0.1, -0.05) is 39.0 Å². The fourth-order valence-corrected chi connectivity index (χ4v) is 2.48. The van der Waals surface area contributed by atoms with Crippen molar-refractivity contribution < 1.29 is 14.2 Å². The molecule has 0 bridgehead atoms. The van der Waals surface area contributed by atoms with Gasteiger partial charge in [0.15, 0.2) is 6.29 Å². The lowest BCUT2D eigenvalue weighted by atomic mass is 10.1. The van der Waals surface area contributed by atoms with E-state index in [1.807, 2.05) is 32.0 Å². The summed E-state index contributed by atoms with van der Waals surface area (Å²) in [4.78, 5) is 0. The zero-order valence-electron chi connectivity index (χ0n) is 15.0. The molecule has 4 nitrogen and oxygen atoms in total. The molecule has 0 unspecified atom stereocenters. The van der Waals surface area contributed by atoms with Gasteiger partial charge in [-0.2, -0.15) is 0 Å². The molecule has 2 N–H and O–H groups in total.